The fourth-order valence-corrected chi connectivity index (χ4v) is 4.09. The second kappa shape index (κ2) is 9.02. The molecule has 0 aromatic heterocycles. The van der Waals surface area contributed by atoms with Crippen LogP contribution in [0.15, 0.2) is 66.7 Å². The molecule has 0 atom stereocenters. The third kappa shape index (κ3) is 4.37. The molecular weight excluding hydrogens is 426 g/mol. The van der Waals surface area contributed by atoms with Gasteiger partial charge in [-0.2, -0.15) is 0 Å². The molecule has 0 saturated heterocycles. The summed E-state index contributed by atoms with van der Waals surface area (Å²) >= 11 is 0. The van der Waals surface area contributed by atoms with E-state index in [0.29, 0.717) is 22.6 Å². The average molecular weight is 456 g/mol. The summed E-state index contributed by atoms with van der Waals surface area (Å²) in [6.07, 6.45) is 0. The molecule has 0 heterocycles. The summed E-state index contributed by atoms with van der Waals surface area (Å²) < 4.78 is 6.08. The predicted octanol–water partition coefficient (Wildman–Crippen LogP) is 7.61. The lowest BCUT2D eigenvalue weighted by molar-refractivity contribution is 0.409. The van der Waals surface area contributed by atoms with Crippen molar-refractivity contribution in [3.63, 3.8) is 0 Å². The Morgan fingerprint density at radius 1 is 0.618 bits per heavy atom. The van der Waals surface area contributed by atoms with Gasteiger partial charge in [-0.25, -0.2) is 0 Å². The maximum atomic E-state index is 10.6. The summed E-state index contributed by atoms with van der Waals surface area (Å²) in [5.41, 5.74) is 6.45. The van der Waals surface area contributed by atoms with Crippen molar-refractivity contribution < 1.29 is 20.1 Å². The van der Waals surface area contributed by atoms with Crippen molar-refractivity contribution in [2.24, 2.45) is 0 Å². The smallest absolute Gasteiger partial charge is 0.171 e. The first kappa shape index (κ1) is 23.1. The van der Waals surface area contributed by atoms with Crippen LogP contribution in [0.3, 0.4) is 0 Å². The van der Waals surface area contributed by atoms with Gasteiger partial charge in [0.05, 0.1) is 11.4 Å². The van der Waals surface area contributed by atoms with E-state index >= 15 is 0 Å². The molecule has 0 radical (unpaired) electrons. The van der Waals surface area contributed by atoms with Gasteiger partial charge in [-0.05, 0) is 93.8 Å². The number of phenols is 3. The van der Waals surface area contributed by atoms with E-state index in [0.717, 1.165) is 33.8 Å². The van der Waals surface area contributed by atoms with Gasteiger partial charge in [0.1, 0.15) is 17.2 Å². The first-order chi connectivity index (χ1) is 16.2. The number of benzene rings is 4. The third-order valence-corrected chi connectivity index (χ3v) is 5.96. The number of anilines is 3. The molecule has 0 saturated carbocycles. The SMILES string of the molecule is Cc1cc(O)c(C)c(N(c2cccc(Oc3c(C)cccc3O)c2)c2cc(C)cc(O)c2C)c1. The van der Waals surface area contributed by atoms with E-state index in [1.165, 1.54) is 0 Å². The van der Waals surface area contributed by atoms with Crippen molar-refractivity contribution in [1.29, 1.82) is 0 Å². The highest BCUT2D eigenvalue weighted by Crippen LogP contribution is 2.44. The van der Waals surface area contributed by atoms with Gasteiger partial charge >= 0.3 is 0 Å². The van der Waals surface area contributed by atoms with Crippen molar-refractivity contribution in [3.05, 3.63) is 94.5 Å². The summed E-state index contributed by atoms with van der Waals surface area (Å²) in [4.78, 5) is 2.01. The van der Waals surface area contributed by atoms with Gasteiger partial charge in [0.15, 0.2) is 11.5 Å². The summed E-state index contributed by atoms with van der Waals surface area (Å²) in [7, 11) is 0. The van der Waals surface area contributed by atoms with Crippen LogP contribution >= 0.6 is 0 Å². The Labute approximate surface area is 200 Å². The minimum atomic E-state index is 0.0705. The van der Waals surface area contributed by atoms with Crippen molar-refractivity contribution in [2.75, 3.05) is 4.90 Å². The molecule has 5 nitrogen and oxygen atoms in total. The number of hydrogen-bond donors (Lipinski definition) is 3. The van der Waals surface area contributed by atoms with Crippen LogP contribution in [0.1, 0.15) is 27.8 Å². The first-order valence-electron chi connectivity index (χ1n) is 11.1. The number of aryl methyl sites for hydroxylation is 3. The van der Waals surface area contributed by atoms with Crippen LogP contribution in [-0.4, -0.2) is 15.3 Å². The Balaban J connectivity index is 1.92. The van der Waals surface area contributed by atoms with E-state index in [1.54, 1.807) is 24.3 Å². The number of aromatic hydroxyl groups is 3. The van der Waals surface area contributed by atoms with E-state index < -0.39 is 0 Å². The lowest BCUT2D eigenvalue weighted by Crippen LogP contribution is -2.13. The number of rotatable bonds is 5. The van der Waals surface area contributed by atoms with E-state index in [1.807, 2.05) is 82.0 Å². The van der Waals surface area contributed by atoms with E-state index in [9.17, 15) is 15.3 Å². The molecular formula is C29H29NO4. The van der Waals surface area contributed by atoms with Crippen LogP contribution in [0, 0.1) is 34.6 Å². The molecule has 4 rings (SSSR count). The molecule has 0 amide bonds. The minimum absolute atomic E-state index is 0.0705. The maximum Gasteiger partial charge on any atom is 0.171 e. The van der Waals surface area contributed by atoms with E-state index in [-0.39, 0.29) is 17.2 Å². The summed E-state index contributed by atoms with van der Waals surface area (Å²) in [6, 6.07) is 20.3. The lowest BCUT2D eigenvalue weighted by Gasteiger charge is -2.30. The number of para-hydroxylation sites is 1. The predicted molar refractivity (Wildman–Crippen MR) is 136 cm³/mol. The fourth-order valence-electron chi connectivity index (χ4n) is 4.09. The van der Waals surface area contributed by atoms with Crippen LogP contribution in [-0.2, 0) is 0 Å². The molecule has 174 valence electrons. The zero-order valence-corrected chi connectivity index (χ0v) is 20.0. The monoisotopic (exact) mass is 455 g/mol. The molecule has 34 heavy (non-hydrogen) atoms. The Hall–Kier alpha value is -4.12. The molecule has 0 fully saturated rings. The largest absolute Gasteiger partial charge is 0.508 e. The Morgan fingerprint density at radius 3 is 1.74 bits per heavy atom. The van der Waals surface area contributed by atoms with Gasteiger partial charge in [-0.15, -0.1) is 0 Å². The highest BCUT2D eigenvalue weighted by Gasteiger charge is 2.21. The number of phenolic OH excluding ortho intramolecular Hbond substituents is 3. The second-order valence-corrected chi connectivity index (χ2v) is 8.71. The third-order valence-electron chi connectivity index (χ3n) is 5.96. The Kier molecular flexibility index (Phi) is 6.12. The van der Waals surface area contributed by atoms with Gasteiger partial charge in [-0.1, -0.05) is 18.2 Å². The lowest BCUT2D eigenvalue weighted by atomic mass is 10.0. The molecule has 0 unspecified atom stereocenters. The standard InChI is InChI=1S/C29H29NO4/c1-17-12-24(20(4)27(32)14-17)30(25-13-18(2)15-28(33)21(25)5)22-9-7-10-23(16-22)34-29-19(3)8-6-11-26(29)31/h6-16,31-33H,1-5H3. The van der Waals surface area contributed by atoms with E-state index in [4.69, 9.17) is 4.74 Å². The Bertz CT molecular complexity index is 1300. The molecule has 0 aliphatic heterocycles. The van der Waals surface area contributed by atoms with Crippen LogP contribution in [0.4, 0.5) is 17.1 Å². The minimum Gasteiger partial charge on any atom is -0.508 e. The highest BCUT2D eigenvalue weighted by molar-refractivity contribution is 5.83. The van der Waals surface area contributed by atoms with Crippen LogP contribution in [0.2, 0.25) is 0 Å². The number of hydrogen-bond acceptors (Lipinski definition) is 5. The van der Waals surface area contributed by atoms with Crippen molar-refractivity contribution in [1.82, 2.24) is 0 Å². The van der Waals surface area contributed by atoms with Crippen LogP contribution in [0.25, 0.3) is 0 Å². The van der Waals surface area contributed by atoms with Gasteiger partial charge in [0, 0.05) is 22.9 Å². The van der Waals surface area contributed by atoms with Gasteiger partial charge < -0.3 is 25.0 Å². The van der Waals surface area contributed by atoms with Gasteiger partial charge in [0.25, 0.3) is 0 Å². The molecule has 4 aromatic rings. The van der Waals surface area contributed by atoms with Crippen molar-refractivity contribution in [3.8, 4) is 28.7 Å². The molecule has 0 spiro atoms. The number of ether oxygens (including phenoxy) is 1. The summed E-state index contributed by atoms with van der Waals surface area (Å²) in [5, 5.41) is 31.5. The second-order valence-electron chi connectivity index (χ2n) is 8.71. The zero-order valence-electron chi connectivity index (χ0n) is 20.0. The van der Waals surface area contributed by atoms with Crippen molar-refractivity contribution >= 4 is 17.1 Å². The molecule has 3 N–H and O–H groups in total. The maximum absolute atomic E-state index is 10.6. The number of nitrogens with zero attached hydrogens (tertiary/aromatic N) is 1. The average Bonchev–Trinajstić information content (AvgIpc) is 2.78. The quantitative estimate of drug-likeness (QED) is 0.289. The summed E-state index contributed by atoms with van der Waals surface area (Å²) in [6.45, 7) is 9.48. The van der Waals surface area contributed by atoms with Crippen LogP contribution < -0.4 is 9.64 Å². The normalized spacial score (nSPS) is 10.9. The molecule has 0 aliphatic carbocycles. The first-order valence-corrected chi connectivity index (χ1v) is 11.1. The topological polar surface area (TPSA) is 73.2 Å². The Morgan fingerprint density at radius 2 is 1.18 bits per heavy atom. The van der Waals surface area contributed by atoms with E-state index in [2.05, 4.69) is 0 Å². The fraction of sp³-hybridized carbons (Fsp3) is 0.172. The molecule has 5 heteroatoms. The molecule has 4 aromatic carbocycles. The van der Waals surface area contributed by atoms with Gasteiger partial charge in [-0.3, -0.25) is 0 Å². The zero-order chi connectivity index (χ0) is 24.6. The molecule has 0 aliphatic rings. The van der Waals surface area contributed by atoms with Crippen LogP contribution in [0.5, 0.6) is 28.7 Å². The molecule has 0 bridgehead atoms. The van der Waals surface area contributed by atoms with Crippen molar-refractivity contribution in [2.45, 2.75) is 34.6 Å². The highest BCUT2D eigenvalue weighted by atomic mass is 16.5. The summed E-state index contributed by atoms with van der Waals surface area (Å²) in [5.74, 6) is 1.43. The van der Waals surface area contributed by atoms with Gasteiger partial charge in [0.2, 0.25) is 0 Å².